The van der Waals surface area contributed by atoms with Crippen molar-refractivity contribution in [2.45, 2.75) is 31.7 Å². The molecule has 3 rings (SSSR count). The minimum absolute atomic E-state index is 0.136. The van der Waals surface area contributed by atoms with Gasteiger partial charge in [0.2, 0.25) is 0 Å². The first-order chi connectivity index (χ1) is 10.1. The number of rotatable bonds is 3. The molecule has 2 aliphatic rings. The average molecular weight is 292 g/mol. The normalized spacial score (nSPS) is 23.4. The van der Waals surface area contributed by atoms with Gasteiger partial charge in [-0.2, -0.15) is 0 Å². The van der Waals surface area contributed by atoms with Crippen LogP contribution in [0.2, 0.25) is 0 Å². The third kappa shape index (κ3) is 2.92. The highest BCUT2D eigenvalue weighted by Crippen LogP contribution is 2.26. The number of nitro groups is 1. The second-order valence-corrected chi connectivity index (χ2v) is 5.85. The van der Waals surface area contributed by atoms with Crippen molar-refractivity contribution < 1.29 is 9.72 Å². The number of aromatic nitrogens is 1. The molecule has 0 aromatic carbocycles. The Morgan fingerprint density at radius 2 is 2.05 bits per heavy atom. The minimum atomic E-state index is -0.519. The van der Waals surface area contributed by atoms with E-state index in [1.54, 1.807) is 4.90 Å². The molecule has 21 heavy (non-hydrogen) atoms. The maximum Gasteiger partial charge on any atom is 0.321 e. The van der Waals surface area contributed by atoms with E-state index in [0.29, 0.717) is 17.7 Å². The molecule has 1 amide bonds. The van der Waals surface area contributed by atoms with Gasteiger partial charge in [-0.25, -0.2) is 4.98 Å². The molecule has 2 aliphatic heterocycles. The molecular formula is C14H20N4O3. The van der Waals surface area contributed by atoms with Gasteiger partial charge >= 0.3 is 5.82 Å². The number of carbonyl (C=O) groups excluding carboxylic acids is 1. The second-order valence-electron chi connectivity index (χ2n) is 5.85. The molecule has 3 heterocycles. The molecular weight excluding hydrogens is 272 g/mol. The first-order valence-electron chi connectivity index (χ1n) is 7.51. The Hall–Kier alpha value is -1.89. The van der Waals surface area contributed by atoms with Crippen LogP contribution in [0.25, 0.3) is 0 Å². The number of piperidine rings is 1. The molecule has 0 aliphatic carbocycles. The van der Waals surface area contributed by atoms with Crippen LogP contribution in [0.3, 0.4) is 0 Å². The van der Waals surface area contributed by atoms with E-state index in [9.17, 15) is 14.9 Å². The lowest BCUT2D eigenvalue weighted by Gasteiger charge is -2.34. The summed E-state index contributed by atoms with van der Waals surface area (Å²) in [6.07, 6.45) is 4.50. The minimum Gasteiger partial charge on any atom is -0.358 e. The fourth-order valence-electron chi connectivity index (χ4n) is 3.40. The van der Waals surface area contributed by atoms with Crippen molar-refractivity contribution in [1.82, 2.24) is 15.2 Å². The Labute approximate surface area is 122 Å². The monoisotopic (exact) mass is 292 g/mol. The van der Waals surface area contributed by atoms with Crippen molar-refractivity contribution in [3.63, 3.8) is 0 Å². The van der Waals surface area contributed by atoms with Gasteiger partial charge in [0, 0.05) is 25.2 Å². The van der Waals surface area contributed by atoms with Gasteiger partial charge in [-0.15, -0.1) is 0 Å². The van der Waals surface area contributed by atoms with Crippen LogP contribution in [-0.2, 0) is 0 Å². The largest absolute Gasteiger partial charge is 0.358 e. The smallest absolute Gasteiger partial charge is 0.321 e. The molecule has 0 saturated carbocycles. The van der Waals surface area contributed by atoms with Crippen molar-refractivity contribution in [3.8, 4) is 0 Å². The Morgan fingerprint density at radius 1 is 1.29 bits per heavy atom. The summed E-state index contributed by atoms with van der Waals surface area (Å²) < 4.78 is 0. The van der Waals surface area contributed by atoms with Gasteiger partial charge in [0.05, 0.1) is 0 Å². The van der Waals surface area contributed by atoms with Gasteiger partial charge in [0.25, 0.3) is 5.91 Å². The van der Waals surface area contributed by atoms with Crippen LogP contribution in [0, 0.1) is 16.0 Å². The van der Waals surface area contributed by atoms with Crippen molar-refractivity contribution in [2.24, 2.45) is 5.92 Å². The van der Waals surface area contributed by atoms with Gasteiger partial charge in [0.15, 0.2) is 5.69 Å². The highest BCUT2D eigenvalue weighted by molar-refractivity contribution is 5.93. The highest BCUT2D eigenvalue weighted by atomic mass is 16.6. The van der Waals surface area contributed by atoms with Crippen LogP contribution in [0.5, 0.6) is 0 Å². The number of hydrogen-bond donors (Lipinski definition) is 2. The maximum atomic E-state index is 12.3. The van der Waals surface area contributed by atoms with E-state index < -0.39 is 4.92 Å². The first-order valence-corrected chi connectivity index (χ1v) is 7.51. The summed E-state index contributed by atoms with van der Waals surface area (Å²) in [4.78, 5) is 26.8. The molecule has 0 radical (unpaired) electrons. The number of carbonyl (C=O) groups is 1. The molecule has 7 heteroatoms. The quantitative estimate of drug-likeness (QED) is 0.653. The van der Waals surface area contributed by atoms with Gasteiger partial charge in [-0.05, 0) is 49.1 Å². The number of amides is 1. The summed E-state index contributed by atoms with van der Waals surface area (Å²) in [7, 11) is 0. The molecule has 0 bridgehead atoms. The summed E-state index contributed by atoms with van der Waals surface area (Å²) >= 11 is 0. The van der Waals surface area contributed by atoms with E-state index in [1.165, 1.54) is 25.0 Å². The molecule has 114 valence electrons. The van der Waals surface area contributed by atoms with E-state index in [2.05, 4.69) is 10.3 Å². The zero-order chi connectivity index (χ0) is 14.8. The Morgan fingerprint density at radius 3 is 2.62 bits per heavy atom. The van der Waals surface area contributed by atoms with E-state index in [0.717, 1.165) is 32.5 Å². The lowest BCUT2D eigenvalue weighted by atomic mass is 9.88. The fourth-order valence-corrected chi connectivity index (χ4v) is 3.40. The number of H-pyrrole nitrogens is 1. The topological polar surface area (TPSA) is 91.3 Å². The Balaban J connectivity index is 1.58. The number of hydrogen-bond acceptors (Lipinski definition) is 4. The molecule has 1 aromatic heterocycles. The van der Waals surface area contributed by atoms with Crippen LogP contribution in [0.15, 0.2) is 12.1 Å². The summed E-state index contributed by atoms with van der Waals surface area (Å²) in [5.41, 5.74) is 0.305. The summed E-state index contributed by atoms with van der Waals surface area (Å²) in [5, 5.41) is 14.2. The maximum absolute atomic E-state index is 12.3. The predicted molar refractivity (Wildman–Crippen MR) is 77.1 cm³/mol. The number of aromatic amines is 1. The van der Waals surface area contributed by atoms with Gasteiger partial charge in [-0.3, -0.25) is 4.79 Å². The molecule has 1 unspecified atom stereocenters. The summed E-state index contributed by atoms with van der Waals surface area (Å²) in [5.74, 6) is 0.374. The zero-order valence-electron chi connectivity index (χ0n) is 11.9. The highest BCUT2D eigenvalue weighted by Gasteiger charge is 2.31. The predicted octanol–water partition coefficient (Wildman–Crippen LogP) is 1.53. The molecule has 0 spiro atoms. The van der Waals surface area contributed by atoms with E-state index in [1.807, 2.05) is 0 Å². The van der Waals surface area contributed by atoms with Crippen molar-refractivity contribution in [1.29, 1.82) is 0 Å². The molecule has 1 atom stereocenters. The fraction of sp³-hybridized carbons (Fsp3) is 0.643. The van der Waals surface area contributed by atoms with Gasteiger partial charge in [0.1, 0.15) is 0 Å². The number of likely N-dealkylation sites (tertiary alicyclic amines) is 1. The molecule has 1 aromatic rings. The first kappa shape index (κ1) is 14.1. The van der Waals surface area contributed by atoms with Crippen LogP contribution in [0.1, 0.15) is 36.2 Å². The number of nitrogens with zero attached hydrogens (tertiary/aromatic N) is 2. The summed E-state index contributed by atoms with van der Waals surface area (Å²) in [6, 6.07) is 3.43. The number of nitrogens with one attached hydrogen (secondary N) is 2. The molecule has 7 nitrogen and oxygen atoms in total. The van der Waals surface area contributed by atoms with Crippen LogP contribution < -0.4 is 5.32 Å². The molecule has 2 saturated heterocycles. The van der Waals surface area contributed by atoms with Crippen molar-refractivity contribution in [2.75, 3.05) is 19.6 Å². The standard InChI is InChI=1S/C14H20N4O3/c19-14(12-3-4-13(16-12)18(20)21)17-8-5-10(6-9-17)11-2-1-7-15-11/h3-4,10-11,15-16H,1-2,5-9H2. The second kappa shape index (κ2) is 5.85. The van der Waals surface area contributed by atoms with Crippen LogP contribution >= 0.6 is 0 Å². The third-order valence-electron chi connectivity index (χ3n) is 4.59. The lowest BCUT2D eigenvalue weighted by molar-refractivity contribution is -0.389. The Kier molecular flexibility index (Phi) is 3.92. The van der Waals surface area contributed by atoms with E-state index in [-0.39, 0.29) is 11.7 Å². The summed E-state index contributed by atoms with van der Waals surface area (Å²) in [6.45, 7) is 2.57. The van der Waals surface area contributed by atoms with Crippen LogP contribution in [0.4, 0.5) is 5.82 Å². The zero-order valence-corrected chi connectivity index (χ0v) is 11.9. The van der Waals surface area contributed by atoms with E-state index in [4.69, 9.17) is 0 Å². The van der Waals surface area contributed by atoms with Crippen molar-refractivity contribution in [3.05, 3.63) is 27.9 Å². The third-order valence-corrected chi connectivity index (χ3v) is 4.59. The molecule has 2 N–H and O–H groups in total. The SMILES string of the molecule is O=C(c1ccc([N+](=O)[O-])[nH]1)N1CCC(C2CCCN2)CC1. The average Bonchev–Trinajstić information content (AvgIpc) is 3.18. The van der Waals surface area contributed by atoms with Crippen LogP contribution in [-0.4, -0.2) is 46.4 Å². The Bertz CT molecular complexity index is 528. The van der Waals surface area contributed by atoms with Gasteiger partial charge < -0.3 is 20.3 Å². The van der Waals surface area contributed by atoms with Gasteiger partial charge in [-0.1, -0.05) is 0 Å². The lowest BCUT2D eigenvalue weighted by Crippen LogP contribution is -2.43. The van der Waals surface area contributed by atoms with Crippen molar-refractivity contribution >= 4 is 11.7 Å². The van der Waals surface area contributed by atoms with E-state index >= 15 is 0 Å². The molecule has 2 fully saturated rings.